The first-order valence-electron chi connectivity index (χ1n) is 9.05. The highest BCUT2D eigenvalue weighted by atomic mass is 32.2. The topological polar surface area (TPSA) is 87.7 Å². The van der Waals surface area contributed by atoms with Crippen molar-refractivity contribution in [3.63, 3.8) is 0 Å². The maximum Gasteiger partial charge on any atom is 0.255 e. The Bertz CT molecular complexity index is 1080. The van der Waals surface area contributed by atoms with E-state index in [1.54, 1.807) is 11.6 Å². The molecule has 1 aromatic carbocycles. The fourth-order valence-corrected chi connectivity index (χ4v) is 4.77. The number of nitrogens with zero attached hydrogens (tertiary/aromatic N) is 2. The number of fused-ring (bicyclic) bond motifs is 3. The van der Waals surface area contributed by atoms with Crippen molar-refractivity contribution >= 4 is 34.1 Å². The molecule has 3 aromatic rings. The van der Waals surface area contributed by atoms with Crippen LogP contribution in [-0.4, -0.2) is 26.6 Å². The van der Waals surface area contributed by atoms with E-state index in [2.05, 4.69) is 35.2 Å². The molecule has 1 aliphatic carbocycles. The van der Waals surface area contributed by atoms with Gasteiger partial charge in [0.25, 0.3) is 5.56 Å². The number of thioether (sulfide) groups is 1. The first-order valence-corrected chi connectivity index (χ1v) is 10.9. The van der Waals surface area contributed by atoms with Gasteiger partial charge >= 0.3 is 0 Å². The molecule has 0 aliphatic heterocycles. The van der Waals surface area contributed by atoms with Crippen LogP contribution in [0.5, 0.6) is 0 Å². The number of hydrogen-bond donors (Lipinski definition) is 2. The van der Waals surface area contributed by atoms with Crippen LogP contribution in [0.2, 0.25) is 0 Å². The van der Waals surface area contributed by atoms with Gasteiger partial charge in [0.15, 0.2) is 10.3 Å². The minimum atomic E-state index is -0.254. The second-order valence-electron chi connectivity index (χ2n) is 7.02. The number of hydrogen-bond acceptors (Lipinski definition) is 6. The van der Waals surface area contributed by atoms with Crippen molar-refractivity contribution in [3.05, 3.63) is 57.3 Å². The van der Waals surface area contributed by atoms with E-state index in [1.165, 1.54) is 28.7 Å². The SMILES string of the molecule is CC[C@@]1(C)Cc2ccccc2-c2nc(SCC(=O)Nc3nccs3)[nH]c(=O)c21. The number of amides is 1. The van der Waals surface area contributed by atoms with Crippen molar-refractivity contribution in [2.75, 3.05) is 11.1 Å². The van der Waals surface area contributed by atoms with E-state index in [-0.39, 0.29) is 22.6 Å². The van der Waals surface area contributed by atoms with Crippen LogP contribution < -0.4 is 10.9 Å². The number of H-pyrrole nitrogens is 1. The average Bonchev–Trinajstić information content (AvgIpc) is 3.19. The van der Waals surface area contributed by atoms with Crippen LogP contribution in [0.25, 0.3) is 11.3 Å². The Morgan fingerprint density at radius 1 is 1.39 bits per heavy atom. The predicted molar refractivity (Wildman–Crippen MR) is 113 cm³/mol. The Balaban J connectivity index is 1.65. The van der Waals surface area contributed by atoms with Gasteiger partial charge in [0.2, 0.25) is 5.91 Å². The molecule has 2 heterocycles. The van der Waals surface area contributed by atoms with Gasteiger partial charge < -0.3 is 10.3 Å². The first-order chi connectivity index (χ1) is 13.5. The number of anilines is 1. The summed E-state index contributed by atoms with van der Waals surface area (Å²) in [6.07, 6.45) is 3.31. The average molecular weight is 413 g/mol. The van der Waals surface area contributed by atoms with Crippen LogP contribution in [0.15, 0.2) is 45.8 Å². The zero-order valence-corrected chi connectivity index (χ0v) is 17.2. The molecule has 4 rings (SSSR count). The Kier molecular flexibility index (Phi) is 5.07. The standard InChI is InChI=1S/C20H20N4O2S2/c1-3-20(2)10-12-6-4-5-7-13(12)16-15(20)17(26)24-19(23-16)28-11-14(25)22-18-21-8-9-27-18/h4-9H,3,10-11H2,1-2H3,(H,21,22,25)(H,23,24,26)/t20-/m0/s1. The lowest BCUT2D eigenvalue weighted by molar-refractivity contribution is -0.113. The van der Waals surface area contributed by atoms with Crippen LogP contribution in [0.1, 0.15) is 31.4 Å². The first kappa shape index (κ1) is 18.9. The zero-order valence-electron chi connectivity index (χ0n) is 15.6. The quantitative estimate of drug-likeness (QED) is 0.491. The van der Waals surface area contributed by atoms with Gasteiger partial charge in [-0.2, -0.15) is 0 Å². The van der Waals surface area contributed by atoms with Crippen molar-refractivity contribution in [1.29, 1.82) is 0 Å². The van der Waals surface area contributed by atoms with Gasteiger partial charge in [-0.1, -0.05) is 49.9 Å². The third-order valence-electron chi connectivity index (χ3n) is 5.15. The van der Waals surface area contributed by atoms with Gasteiger partial charge in [-0.25, -0.2) is 9.97 Å². The summed E-state index contributed by atoms with van der Waals surface area (Å²) in [5, 5.41) is 5.55. The Hall–Kier alpha value is -2.45. The van der Waals surface area contributed by atoms with Crippen LogP contribution in [0.4, 0.5) is 5.13 Å². The van der Waals surface area contributed by atoms with Gasteiger partial charge in [0.1, 0.15) is 0 Å². The summed E-state index contributed by atoms with van der Waals surface area (Å²) in [4.78, 5) is 36.7. The molecule has 0 spiro atoms. The maximum atomic E-state index is 13.0. The molecule has 1 amide bonds. The summed E-state index contributed by atoms with van der Waals surface area (Å²) in [5.41, 5.74) is 3.31. The Morgan fingerprint density at radius 3 is 2.96 bits per heavy atom. The normalized spacial score (nSPS) is 17.6. The molecular weight excluding hydrogens is 392 g/mol. The molecule has 0 bridgehead atoms. The van der Waals surface area contributed by atoms with Crippen molar-refractivity contribution in [1.82, 2.24) is 15.0 Å². The molecule has 0 fully saturated rings. The highest BCUT2D eigenvalue weighted by Crippen LogP contribution is 2.42. The van der Waals surface area contributed by atoms with E-state index in [0.29, 0.717) is 10.3 Å². The van der Waals surface area contributed by atoms with E-state index in [9.17, 15) is 9.59 Å². The van der Waals surface area contributed by atoms with Crippen LogP contribution in [0, 0.1) is 0 Å². The van der Waals surface area contributed by atoms with Crippen LogP contribution >= 0.6 is 23.1 Å². The summed E-state index contributed by atoms with van der Waals surface area (Å²) < 4.78 is 0. The summed E-state index contributed by atoms with van der Waals surface area (Å²) in [5.74, 6) is -0.0345. The summed E-state index contributed by atoms with van der Waals surface area (Å²) in [6, 6.07) is 8.10. The van der Waals surface area contributed by atoms with Gasteiger partial charge in [-0.3, -0.25) is 9.59 Å². The van der Waals surface area contributed by atoms with Crippen molar-refractivity contribution in [2.24, 2.45) is 0 Å². The predicted octanol–water partition coefficient (Wildman–Crippen LogP) is 3.85. The summed E-state index contributed by atoms with van der Waals surface area (Å²) in [6.45, 7) is 4.22. The number of aromatic nitrogens is 3. The fourth-order valence-electron chi connectivity index (χ4n) is 3.57. The molecule has 6 nitrogen and oxygen atoms in total. The minimum absolute atomic E-state index is 0.119. The van der Waals surface area contributed by atoms with Crippen LogP contribution in [0.3, 0.4) is 0 Å². The lowest BCUT2D eigenvalue weighted by Gasteiger charge is -2.34. The molecule has 144 valence electrons. The van der Waals surface area contributed by atoms with E-state index < -0.39 is 0 Å². The van der Waals surface area contributed by atoms with Gasteiger partial charge in [-0.15, -0.1) is 11.3 Å². The monoisotopic (exact) mass is 412 g/mol. The molecule has 0 radical (unpaired) electrons. The Labute approximate surface area is 170 Å². The highest BCUT2D eigenvalue weighted by molar-refractivity contribution is 7.99. The maximum absolute atomic E-state index is 13.0. The lowest BCUT2D eigenvalue weighted by Crippen LogP contribution is -2.36. The molecule has 2 N–H and O–H groups in total. The molecule has 2 aromatic heterocycles. The number of carbonyl (C=O) groups is 1. The van der Waals surface area contributed by atoms with E-state index in [0.717, 1.165) is 29.7 Å². The van der Waals surface area contributed by atoms with Crippen molar-refractivity contribution in [3.8, 4) is 11.3 Å². The van der Waals surface area contributed by atoms with E-state index in [1.807, 2.05) is 18.2 Å². The molecule has 0 unspecified atom stereocenters. The Morgan fingerprint density at radius 2 is 2.21 bits per heavy atom. The van der Waals surface area contributed by atoms with Gasteiger partial charge in [-0.05, 0) is 18.4 Å². The highest BCUT2D eigenvalue weighted by Gasteiger charge is 2.37. The van der Waals surface area contributed by atoms with Crippen molar-refractivity contribution in [2.45, 2.75) is 37.3 Å². The second-order valence-corrected chi connectivity index (χ2v) is 8.88. The minimum Gasteiger partial charge on any atom is -0.301 e. The number of benzene rings is 1. The number of nitrogens with one attached hydrogen (secondary N) is 2. The number of aromatic amines is 1. The van der Waals surface area contributed by atoms with E-state index >= 15 is 0 Å². The smallest absolute Gasteiger partial charge is 0.255 e. The van der Waals surface area contributed by atoms with Gasteiger partial charge in [0.05, 0.1) is 11.4 Å². The lowest BCUT2D eigenvalue weighted by atomic mass is 9.69. The van der Waals surface area contributed by atoms with Crippen LogP contribution in [-0.2, 0) is 16.6 Å². The molecule has 1 atom stereocenters. The third-order valence-corrected chi connectivity index (χ3v) is 6.72. The molecule has 28 heavy (non-hydrogen) atoms. The van der Waals surface area contributed by atoms with Gasteiger partial charge in [0, 0.05) is 28.1 Å². The molecule has 1 aliphatic rings. The number of rotatable bonds is 5. The zero-order chi connectivity index (χ0) is 19.7. The molecule has 8 heteroatoms. The molecular formula is C20H20N4O2S2. The summed E-state index contributed by atoms with van der Waals surface area (Å²) in [7, 11) is 0. The molecule has 0 saturated carbocycles. The number of carbonyl (C=O) groups excluding carboxylic acids is 1. The largest absolute Gasteiger partial charge is 0.301 e. The molecule has 0 saturated heterocycles. The third kappa shape index (κ3) is 3.49. The summed E-state index contributed by atoms with van der Waals surface area (Å²) >= 11 is 2.58. The number of thiazole rings is 1. The second kappa shape index (κ2) is 7.52. The van der Waals surface area contributed by atoms with E-state index in [4.69, 9.17) is 4.98 Å². The van der Waals surface area contributed by atoms with Crippen molar-refractivity contribution < 1.29 is 4.79 Å². The fraction of sp³-hybridized carbons (Fsp3) is 0.300.